The van der Waals surface area contributed by atoms with E-state index in [1.165, 1.54) is 0 Å². The molecule has 0 saturated carbocycles. The fraction of sp³-hybridized carbons (Fsp3) is 0.312. The van der Waals surface area contributed by atoms with Crippen LogP contribution in [0, 0.1) is 0 Å². The quantitative estimate of drug-likeness (QED) is 0.382. The number of carbonyl (C=O) groups excluding carboxylic acids is 2. The fourth-order valence-corrected chi connectivity index (χ4v) is 4.62. The van der Waals surface area contributed by atoms with Crippen LogP contribution in [0.4, 0.5) is 10.5 Å². The summed E-state index contributed by atoms with van der Waals surface area (Å²) in [4.78, 5) is 32.1. The first-order chi connectivity index (χ1) is 19.6. The molecule has 0 bridgehead atoms. The summed E-state index contributed by atoms with van der Waals surface area (Å²) in [5.74, 6) is 1.64. The number of rotatable bonds is 11. The van der Waals surface area contributed by atoms with Crippen molar-refractivity contribution in [1.82, 2.24) is 14.7 Å². The van der Waals surface area contributed by atoms with E-state index >= 15 is 0 Å². The van der Waals surface area contributed by atoms with Gasteiger partial charge in [-0.15, -0.1) is 0 Å². The largest absolute Gasteiger partial charge is 0.497 e. The normalized spacial score (nSPS) is 13.7. The number of nitrogens with zero attached hydrogens (tertiary/aromatic N) is 3. The topological polar surface area (TPSA) is 74.3 Å². The van der Waals surface area contributed by atoms with Gasteiger partial charge in [0, 0.05) is 57.1 Å². The average Bonchev–Trinajstić information content (AvgIpc) is 3.00. The van der Waals surface area contributed by atoms with E-state index in [4.69, 9.17) is 9.47 Å². The zero-order valence-electron chi connectivity index (χ0n) is 23.3. The molecule has 3 aromatic rings. The lowest BCUT2D eigenvalue weighted by molar-refractivity contribution is -0.130. The second kappa shape index (κ2) is 14.7. The van der Waals surface area contributed by atoms with Crippen molar-refractivity contribution in [3.05, 3.63) is 96.1 Å². The van der Waals surface area contributed by atoms with Crippen LogP contribution in [0.1, 0.15) is 11.1 Å². The molecule has 210 valence electrons. The number of para-hydroxylation sites is 1. The van der Waals surface area contributed by atoms with Gasteiger partial charge in [-0.3, -0.25) is 9.69 Å². The smallest absolute Gasteiger partial charge is 0.321 e. The monoisotopic (exact) mass is 542 g/mol. The van der Waals surface area contributed by atoms with Crippen LogP contribution in [0.25, 0.3) is 6.08 Å². The van der Waals surface area contributed by atoms with E-state index in [0.29, 0.717) is 32.6 Å². The molecule has 1 heterocycles. The zero-order valence-corrected chi connectivity index (χ0v) is 23.3. The molecule has 0 atom stereocenters. The molecule has 4 rings (SSSR count). The van der Waals surface area contributed by atoms with Crippen molar-refractivity contribution >= 4 is 23.7 Å². The van der Waals surface area contributed by atoms with Gasteiger partial charge >= 0.3 is 6.03 Å². The third-order valence-corrected chi connectivity index (χ3v) is 7.00. The first kappa shape index (κ1) is 28.7. The number of carbonyl (C=O) groups is 2. The maximum Gasteiger partial charge on any atom is 0.321 e. The second-order valence-corrected chi connectivity index (χ2v) is 9.63. The molecule has 3 aromatic carbocycles. The van der Waals surface area contributed by atoms with E-state index in [0.717, 1.165) is 47.9 Å². The summed E-state index contributed by atoms with van der Waals surface area (Å²) in [7, 11) is 3.27. The Bertz CT molecular complexity index is 1260. The number of hydrogen-bond acceptors (Lipinski definition) is 5. The molecule has 1 saturated heterocycles. The predicted molar refractivity (Wildman–Crippen MR) is 159 cm³/mol. The number of anilines is 1. The molecule has 1 aliphatic rings. The van der Waals surface area contributed by atoms with E-state index in [2.05, 4.69) is 10.2 Å². The van der Waals surface area contributed by atoms with Crippen LogP contribution in [0.15, 0.2) is 84.9 Å². The Morgan fingerprint density at radius 1 is 0.875 bits per heavy atom. The van der Waals surface area contributed by atoms with Crippen molar-refractivity contribution < 1.29 is 19.1 Å². The summed E-state index contributed by atoms with van der Waals surface area (Å²) in [5.41, 5.74) is 2.72. The summed E-state index contributed by atoms with van der Waals surface area (Å²) in [5, 5.41) is 2.95. The highest BCUT2D eigenvalue weighted by Crippen LogP contribution is 2.19. The molecule has 8 nitrogen and oxygen atoms in total. The van der Waals surface area contributed by atoms with Gasteiger partial charge in [-0.2, -0.15) is 0 Å². The Morgan fingerprint density at radius 3 is 2.27 bits per heavy atom. The summed E-state index contributed by atoms with van der Waals surface area (Å²) in [6.07, 6.45) is 4.38. The predicted octanol–water partition coefficient (Wildman–Crippen LogP) is 4.64. The average molecular weight is 543 g/mol. The molecule has 0 aromatic heterocycles. The standard InChI is InChI=1S/C32H38N4O4/c1-39-29-16-14-28(15-17-29)33-32(38)36-23-20-34(21-24-36)19-22-35(31(37)25-26-9-4-3-5-10-26)18-8-12-27-11-6-7-13-30(27)40-2/h3-17H,18-25H2,1-2H3,(H,33,38)/b12-8+. The minimum Gasteiger partial charge on any atom is -0.497 e. The number of methoxy groups -OCH3 is 2. The highest BCUT2D eigenvalue weighted by molar-refractivity contribution is 5.89. The third-order valence-electron chi connectivity index (χ3n) is 7.00. The summed E-state index contributed by atoms with van der Waals surface area (Å²) < 4.78 is 10.6. The lowest BCUT2D eigenvalue weighted by atomic mass is 10.1. The molecule has 40 heavy (non-hydrogen) atoms. The maximum absolute atomic E-state index is 13.3. The van der Waals surface area contributed by atoms with Crippen molar-refractivity contribution in [3.8, 4) is 11.5 Å². The van der Waals surface area contributed by atoms with Crippen LogP contribution in [-0.4, -0.2) is 86.7 Å². The van der Waals surface area contributed by atoms with E-state index in [1.807, 2.05) is 101 Å². The molecule has 0 radical (unpaired) electrons. The van der Waals surface area contributed by atoms with Crippen molar-refractivity contribution in [2.45, 2.75) is 6.42 Å². The first-order valence-corrected chi connectivity index (χ1v) is 13.6. The first-order valence-electron chi connectivity index (χ1n) is 13.6. The molecule has 8 heteroatoms. The van der Waals surface area contributed by atoms with Crippen LogP contribution < -0.4 is 14.8 Å². The molecular formula is C32H38N4O4. The molecular weight excluding hydrogens is 504 g/mol. The SMILES string of the molecule is COc1ccc(NC(=O)N2CCN(CCN(C/C=C/c3ccccc3OC)C(=O)Cc3ccccc3)CC2)cc1. The molecule has 1 aliphatic heterocycles. The third kappa shape index (κ3) is 8.35. The number of amides is 3. The summed E-state index contributed by atoms with van der Waals surface area (Å²) in [6.45, 7) is 4.65. The van der Waals surface area contributed by atoms with E-state index in [9.17, 15) is 9.59 Å². The van der Waals surface area contributed by atoms with Gasteiger partial charge in [-0.25, -0.2) is 4.79 Å². The van der Waals surface area contributed by atoms with Crippen molar-refractivity contribution in [3.63, 3.8) is 0 Å². The Balaban J connectivity index is 1.30. The van der Waals surface area contributed by atoms with E-state index in [1.54, 1.807) is 14.2 Å². The highest BCUT2D eigenvalue weighted by Gasteiger charge is 2.22. The van der Waals surface area contributed by atoms with Crippen molar-refractivity contribution in [1.29, 1.82) is 0 Å². The van der Waals surface area contributed by atoms with Gasteiger partial charge in [0.2, 0.25) is 5.91 Å². The zero-order chi connectivity index (χ0) is 28.2. The Labute approximate surface area is 236 Å². The minimum absolute atomic E-state index is 0.0911. The van der Waals surface area contributed by atoms with Gasteiger partial charge in [-0.1, -0.05) is 60.7 Å². The number of urea groups is 1. The molecule has 0 unspecified atom stereocenters. The van der Waals surface area contributed by atoms with Crippen molar-refractivity contribution in [2.75, 3.05) is 65.3 Å². The number of nitrogens with one attached hydrogen (secondary N) is 1. The van der Waals surface area contributed by atoms with Crippen LogP contribution in [0.2, 0.25) is 0 Å². The van der Waals surface area contributed by atoms with Crippen LogP contribution >= 0.6 is 0 Å². The Kier molecular flexibility index (Phi) is 10.6. The number of piperazine rings is 1. The number of hydrogen-bond donors (Lipinski definition) is 1. The van der Waals surface area contributed by atoms with E-state index in [-0.39, 0.29) is 11.9 Å². The summed E-state index contributed by atoms with van der Waals surface area (Å²) in [6, 6.07) is 24.9. The maximum atomic E-state index is 13.3. The molecule has 0 spiro atoms. The molecule has 0 aliphatic carbocycles. The number of benzene rings is 3. The lowest BCUT2D eigenvalue weighted by Crippen LogP contribution is -2.51. The summed E-state index contributed by atoms with van der Waals surface area (Å²) >= 11 is 0. The Morgan fingerprint density at radius 2 is 1.57 bits per heavy atom. The molecule has 3 amide bonds. The molecule has 1 N–H and O–H groups in total. The van der Waals surface area contributed by atoms with Crippen LogP contribution in [-0.2, 0) is 11.2 Å². The van der Waals surface area contributed by atoms with E-state index < -0.39 is 0 Å². The van der Waals surface area contributed by atoms with Crippen LogP contribution in [0.5, 0.6) is 11.5 Å². The van der Waals surface area contributed by atoms with Gasteiger partial charge in [-0.05, 0) is 35.9 Å². The van der Waals surface area contributed by atoms with Gasteiger partial charge in [0.05, 0.1) is 20.6 Å². The van der Waals surface area contributed by atoms with Crippen molar-refractivity contribution in [2.24, 2.45) is 0 Å². The van der Waals surface area contributed by atoms with Gasteiger partial charge in [0.25, 0.3) is 0 Å². The van der Waals surface area contributed by atoms with Gasteiger partial charge < -0.3 is 24.6 Å². The fourth-order valence-electron chi connectivity index (χ4n) is 4.62. The molecule has 1 fully saturated rings. The number of ether oxygens (including phenoxy) is 2. The highest BCUT2D eigenvalue weighted by atomic mass is 16.5. The minimum atomic E-state index is -0.106. The second-order valence-electron chi connectivity index (χ2n) is 9.63. The Hall–Kier alpha value is -4.30. The van der Waals surface area contributed by atoms with Gasteiger partial charge in [0.1, 0.15) is 11.5 Å². The van der Waals surface area contributed by atoms with Gasteiger partial charge in [0.15, 0.2) is 0 Å². The van der Waals surface area contributed by atoms with Crippen LogP contribution in [0.3, 0.4) is 0 Å². The lowest BCUT2D eigenvalue weighted by Gasteiger charge is -2.35.